The quantitative estimate of drug-likeness (QED) is 0.359. The molecule has 0 fully saturated rings. The average molecular weight is 378 g/mol. The highest BCUT2D eigenvalue weighted by atomic mass is 16.6. The Kier molecular flexibility index (Phi) is 6.35. The molecule has 0 atom stereocenters. The van der Waals surface area contributed by atoms with E-state index in [1.54, 1.807) is 0 Å². The second-order valence-corrected chi connectivity index (χ2v) is 6.22. The van der Waals surface area contributed by atoms with Gasteiger partial charge in [-0.25, -0.2) is 9.97 Å². The normalized spacial score (nSPS) is 10.3. The van der Waals surface area contributed by atoms with Crippen LogP contribution in [0.4, 0.5) is 28.7 Å². The zero-order valence-electron chi connectivity index (χ0n) is 15.6. The number of nitro groups is 1. The molecular weight excluding hydrogens is 356 g/mol. The van der Waals surface area contributed by atoms with Gasteiger partial charge in [0.05, 0.1) is 10.6 Å². The smallest absolute Gasteiger partial charge is 0.334 e. The molecule has 0 amide bonds. The van der Waals surface area contributed by atoms with Crippen LogP contribution >= 0.6 is 0 Å². The summed E-state index contributed by atoms with van der Waals surface area (Å²) in [5, 5.41) is 14.6. The van der Waals surface area contributed by atoms with E-state index in [0.717, 1.165) is 30.6 Å². The lowest BCUT2D eigenvalue weighted by Crippen LogP contribution is -2.13. The predicted octanol–water partition coefficient (Wildman–Crippen LogP) is 4.91. The standard InChI is InChI=1S/C20H22N6O2/c1-2-3-7-15-10-12-16(13-11-15)23-19-18(26(27)28)20(22-14-21-19)25-24-17-8-5-4-6-9-17/h4-6,8-14,24H,2-3,7H2,1H3,(H2,21,22,23,25). The zero-order valence-corrected chi connectivity index (χ0v) is 15.6. The van der Waals surface area contributed by atoms with E-state index in [-0.39, 0.29) is 17.3 Å². The Bertz CT molecular complexity index is 916. The summed E-state index contributed by atoms with van der Waals surface area (Å²) in [4.78, 5) is 19.2. The van der Waals surface area contributed by atoms with Crippen molar-refractivity contribution in [3.05, 3.63) is 76.6 Å². The first kappa shape index (κ1) is 19.1. The summed E-state index contributed by atoms with van der Waals surface area (Å²) < 4.78 is 0. The number of hydrazine groups is 1. The predicted molar refractivity (Wildman–Crippen MR) is 111 cm³/mol. The molecule has 3 rings (SSSR count). The molecule has 3 aromatic rings. The first-order valence-corrected chi connectivity index (χ1v) is 9.10. The van der Waals surface area contributed by atoms with E-state index in [1.165, 1.54) is 11.9 Å². The van der Waals surface area contributed by atoms with Crippen LogP contribution in [0.1, 0.15) is 25.3 Å². The number of benzene rings is 2. The van der Waals surface area contributed by atoms with E-state index < -0.39 is 4.92 Å². The summed E-state index contributed by atoms with van der Waals surface area (Å²) in [6, 6.07) is 17.1. The molecule has 8 heteroatoms. The van der Waals surface area contributed by atoms with Gasteiger partial charge in [-0.2, -0.15) is 0 Å². The molecule has 0 saturated heterocycles. The molecule has 28 heavy (non-hydrogen) atoms. The summed E-state index contributed by atoms with van der Waals surface area (Å²) in [5.74, 6) is 0.199. The molecule has 0 aliphatic rings. The van der Waals surface area contributed by atoms with Gasteiger partial charge in [0.25, 0.3) is 0 Å². The maximum absolute atomic E-state index is 11.6. The van der Waals surface area contributed by atoms with Crippen LogP contribution in [0.15, 0.2) is 60.9 Å². The van der Waals surface area contributed by atoms with Gasteiger partial charge >= 0.3 is 5.69 Å². The van der Waals surface area contributed by atoms with Crippen LogP contribution in [0.5, 0.6) is 0 Å². The van der Waals surface area contributed by atoms with E-state index in [4.69, 9.17) is 0 Å². The Morgan fingerprint density at radius 1 is 0.929 bits per heavy atom. The summed E-state index contributed by atoms with van der Waals surface area (Å²) >= 11 is 0. The molecule has 0 aliphatic heterocycles. The number of unbranched alkanes of at least 4 members (excludes halogenated alkanes) is 1. The Labute approximate surface area is 163 Å². The summed E-state index contributed by atoms with van der Waals surface area (Å²) in [5.41, 5.74) is 8.17. The number of aromatic nitrogens is 2. The molecule has 0 aliphatic carbocycles. The van der Waals surface area contributed by atoms with Gasteiger partial charge in [0.2, 0.25) is 11.6 Å². The number of hydrogen-bond acceptors (Lipinski definition) is 7. The fourth-order valence-corrected chi connectivity index (χ4v) is 2.66. The molecule has 1 heterocycles. The maximum Gasteiger partial charge on any atom is 0.355 e. The molecular formula is C20H22N6O2. The Morgan fingerprint density at radius 2 is 1.64 bits per heavy atom. The third-order valence-corrected chi connectivity index (χ3v) is 4.14. The van der Waals surface area contributed by atoms with Crippen molar-refractivity contribution in [2.45, 2.75) is 26.2 Å². The number of aryl methyl sites for hydroxylation is 1. The number of hydrogen-bond donors (Lipinski definition) is 3. The lowest BCUT2D eigenvalue weighted by Gasteiger charge is -2.12. The second kappa shape index (κ2) is 9.31. The third-order valence-electron chi connectivity index (χ3n) is 4.14. The van der Waals surface area contributed by atoms with Crippen LogP contribution in [0.2, 0.25) is 0 Å². The van der Waals surface area contributed by atoms with Crippen molar-refractivity contribution in [1.82, 2.24) is 9.97 Å². The molecule has 3 N–H and O–H groups in total. The molecule has 0 unspecified atom stereocenters. The van der Waals surface area contributed by atoms with Crippen molar-refractivity contribution in [3.63, 3.8) is 0 Å². The van der Waals surface area contributed by atoms with Gasteiger partial charge in [0.15, 0.2) is 0 Å². The van der Waals surface area contributed by atoms with Crippen LogP contribution in [0.25, 0.3) is 0 Å². The third kappa shape index (κ3) is 4.94. The number of nitrogens with one attached hydrogen (secondary N) is 3. The molecule has 8 nitrogen and oxygen atoms in total. The SMILES string of the molecule is CCCCc1ccc(Nc2ncnc(NNc3ccccc3)c2[N+](=O)[O-])cc1. The van der Waals surface area contributed by atoms with Crippen LogP contribution in [0, 0.1) is 10.1 Å². The fourth-order valence-electron chi connectivity index (χ4n) is 2.66. The van der Waals surface area contributed by atoms with Crippen molar-refractivity contribution >= 4 is 28.7 Å². The number of rotatable bonds is 9. The monoisotopic (exact) mass is 378 g/mol. The minimum absolute atomic E-state index is 0.0749. The van der Waals surface area contributed by atoms with E-state index in [9.17, 15) is 10.1 Å². The van der Waals surface area contributed by atoms with Gasteiger partial charge in [0.1, 0.15) is 6.33 Å². The van der Waals surface area contributed by atoms with E-state index >= 15 is 0 Å². The first-order valence-electron chi connectivity index (χ1n) is 9.10. The topological polar surface area (TPSA) is 105 Å². The zero-order chi connectivity index (χ0) is 19.8. The lowest BCUT2D eigenvalue weighted by molar-refractivity contribution is -0.383. The van der Waals surface area contributed by atoms with Gasteiger partial charge in [-0.1, -0.05) is 43.7 Å². The van der Waals surface area contributed by atoms with Gasteiger partial charge in [-0.15, -0.1) is 0 Å². The van der Waals surface area contributed by atoms with Gasteiger partial charge in [-0.3, -0.25) is 21.0 Å². The highest BCUT2D eigenvalue weighted by Gasteiger charge is 2.23. The minimum Gasteiger partial charge on any atom is -0.334 e. The molecule has 144 valence electrons. The van der Waals surface area contributed by atoms with Gasteiger partial charge in [0, 0.05) is 5.69 Å². The summed E-state index contributed by atoms with van der Waals surface area (Å²) in [6.45, 7) is 2.16. The molecule has 0 bridgehead atoms. The van der Waals surface area contributed by atoms with Crippen molar-refractivity contribution in [2.75, 3.05) is 16.2 Å². The van der Waals surface area contributed by atoms with Crippen molar-refractivity contribution in [3.8, 4) is 0 Å². The van der Waals surface area contributed by atoms with Crippen molar-refractivity contribution in [1.29, 1.82) is 0 Å². The van der Waals surface area contributed by atoms with Crippen LogP contribution in [-0.2, 0) is 6.42 Å². The molecule has 0 saturated carbocycles. The second-order valence-electron chi connectivity index (χ2n) is 6.22. The first-order chi connectivity index (χ1) is 13.7. The van der Waals surface area contributed by atoms with Gasteiger partial charge in [-0.05, 0) is 42.7 Å². The minimum atomic E-state index is -0.507. The van der Waals surface area contributed by atoms with Crippen LogP contribution in [-0.4, -0.2) is 14.9 Å². The molecule has 0 radical (unpaired) electrons. The van der Waals surface area contributed by atoms with Crippen LogP contribution < -0.4 is 16.2 Å². The number of nitrogens with zero attached hydrogens (tertiary/aromatic N) is 3. The van der Waals surface area contributed by atoms with E-state index in [0.29, 0.717) is 0 Å². The molecule has 0 spiro atoms. The molecule has 2 aromatic carbocycles. The fraction of sp³-hybridized carbons (Fsp3) is 0.200. The highest BCUT2D eigenvalue weighted by molar-refractivity contribution is 5.74. The number of anilines is 4. The van der Waals surface area contributed by atoms with E-state index in [1.807, 2.05) is 54.6 Å². The maximum atomic E-state index is 11.6. The summed E-state index contributed by atoms with van der Waals surface area (Å²) in [6.07, 6.45) is 4.57. The Balaban J connectivity index is 1.78. The lowest BCUT2D eigenvalue weighted by atomic mass is 10.1. The van der Waals surface area contributed by atoms with Gasteiger partial charge < -0.3 is 5.32 Å². The summed E-state index contributed by atoms with van der Waals surface area (Å²) in [7, 11) is 0. The largest absolute Gasteiger partial charge is 0.355 e. The van der Waals surface area contributed by atoms with Crippen LogP contribution in [0.3, 0.4) is 0 Å². The average Bonchev–Trinajstić information content (AvgIpc) is 2.72. The Hall–Kier alpha value is -3.68. The Morgan fingerprint density at radius 3 is 2.32 bits per heavy atom. The van der Waals surface area contributed by atoms with Crippen molar-refractivity contribution < 1.29 is 4.92 Å². The number of para-hydroxylation sites is 1. The van der Waals surface area contributed by atoms with Crippen molar-refractivity contribution in [2.24, 2.45) is 0 Å². The molecule has 1 aromatic heterocycles. The highest BCUT2D eigenvalue weighted by Crippen LogP contribution is 2.31. The van der Waals surface area contributed by atoms with E-state index in [2.05, 4.69) is 33.1 Å².